The van der Waals surface area contributed by atoms with Gasteiger partial charge in [-0.15, -0.1) is 0 Å². The summed E-state index contributed by atoms with van der Waals surface area (Å²) < 4.78 is 5.13. The second-order valence-electron chi connectivity index (χ2n) is 6.52. The molecule has 1 atom stereocenters. The normalized spacial score (nSPS) is 20.8. The molecule has 126 valence electrons. The van der Waals surface area contributed by atoms with Crippen LogP contribution in [0.3, 0.4) is 0 Å². The van der Waals surface area contributed by atoms with Gasteiger partial charge in [0.25, 0.3) is 5.91 Å². The molecule has 1 aliphatic heterocycles. The molecule has 1 aromatic carbocycles. The second-order valence-corrected chi connectivity index (χ2v) is 6.52. The molecule has 1 N–H and O–H groups in total. The van der Waals surface area contributed by atoms with E-state index >= 15 is 0 Å². The van der Waals surface area contributed by atoms with Crippen molar-refractivity contribution < 1.29 is 14.1 Å². The zero-order chi connectivity index (χ0) is 17.5. The Hall–Kier alpha value is -2.70. The molecule has 0 aliphatic carbocycles. The van der Waals surface area contributed by atoms with Gasteiger partial charge in [-0.1, -0.05) is 48.8 Å². The highest BCUT2D eigenvalue weighted by molar-refractivity contribution is 6.07. The Kier molecular flexibility index (Phi) is 3.87. The van der Waals surface area contributed by atoms with Gasteiger partial charge in [-0.05, 0) is 19.4 Å². The van der Waals surface area contributed by atoms with Crippen LogP contribution in [-0.4, -0.2) is 27.0 Å². The predicted molar refractivity (Wildman–Crippen MR) is 86.0 cm³/mol. The zero-order valence-corrected chi connectivity index (χ0v) is 14.2. The van der Waals surface area contributed by atoms with Gasteiger partial charge in [0.2, 0.25) is 5.89 Å². The molecule has 0 saturated carbocycles. The Labute approximate surface area is 140 Å². The van der Waals surface area contributed by atoms with E-state index in [2.05, 4.69) is 15.5 Å². The number of aryl methyl sites for hydroxylation is 1. The third kappa shape index (κ3) is 2.66. The lowest BCUT2D eigenvalue weighted by atomic mass is 9.91. The van der Waals surface area contributed by atoms with E-state index in [-0.39, 0.29) is 18.4 Å². The molecule has 3 rings (SSSR count). The molecule has 0 unspecified atom stereocenters. The van der Waals surface area contributed by atoms with Gasteiger partial charge in [0.05, 0.1) is 6.54 Å². The number of hydrogen-bond acceptors (Lipinski definition) is 5. The van der Waals surface area contributed by atoms with E-state index in [9.17, 15) is 9.59 Å². The van der Waals surface area contributed by atoms with Gasteiger partial charge in [0.1, 0.15) is 5.54 Å². The average Bonchev–Trinajstić information content (AvgIpc) is 3.08. The molecule has 0 spiro atoms. The van der Waals surface area contributed by atoms with Gasteiger partial charge in [-0.2, -0.15) is 4.98 Å². The minimum absolute atomic E-state index is 0.0116. The quantitative estimate of drug-likeness (QED) is 0.871. The van der Waals surface area contributed by atoms with Crippen LogP contribution in [0.2, 0.25) is 0 Å². The molecule has 1 saturated heterocycles. The number of amides is 3. The minimum Gasteiger partial charge on any atom is -0.339 e. The Morgan fingerprint density at radius 1 is 1.25 bits per heavy atom. The van der Waals surface area contributed by atoms with E-state index in [4.69, 9.17) is 4.52 Å². The first-order chi connectivity index (χ1) is 11.3. The molecule has 1 aliphatic rings. The first kappa shape index (κ1) is 16.2. The van der Waals surface area contributed by atoms with Crippen LogP contribution in [0, 0.1) is 6.92 Å². The number of aromatic nitrogens is 2. The average molecular weight is 328 g/mol. The van der Waals surface area contributed by atoms with Crippen LogP contribution in [0.4, 0.5) is 4.79 Å². The summed E-state index contributed by atoms with van der Waals surface area (Å²) >= 11 is 0. The zero-order valence-electron chi connectivity index (χ0n) is 14.2. The third-order valence-corrected chi connectivity index (χ3v) is 4.18. The van der Waals surface area contributed by atoms with E-state index in [1.165, 1.54) is 0 Å². The van der Waals surface area contributed by atoms with Crippen LogP contribution < -0.4 is 5.32 Å². The standard InChI is InChI=1S/C17H20N4O3/c1-10(2)14-18-13(20-24-14)9-21-15(22)17(4,19-16(21)23)12-7-5-11(3)6-8-12/h5-8,10H,9H2,1-4H3,(H,19,23)/t17-/m0/s1. The number of benzene rings is 1. The summed E-state index contributed by atoms with van der Waals surface area (Å²) in [5.41, 5.74) is 0.740. The van der Waals surface area contributed by atoms with Crippen LogP contribution >= 0.6 is 0 Å². The van der Waals surface area contributed by atoms with E-state index in [0.29, 0.717) is 11.7 Å². The van der Waals surface area contributed by atoms with E-state index in [1.54, 1.807) is 6.92 Å². The van der Waals surface area contributed by atoms with Gasteiger partial charge >= 0.3 is 6.03 Å². The number of nitrogens with one attached hydrogen (secondary N) is 1. The summed E-state index contributed by atoms with van der Waals surface area (Å²) in [6, 6.07) is 7.07. The largest absolute Gasteiger partial charge is 0.339 e. The number of carbonyl (C=O) groups is 2. The fourth-order valence-corrected chi connectivity index (χ4v) is 2.63. The molecule has 24 heavy (non-hydrogen) atoms. The molecule has 1 fully saturated rings. The summed E-state index contributed by atoms with van der Waals surface area (Å²) in [4.78, 5) is 30.5. The second kappa shape index (κ2) is 5.74. The maximum atomic E-state index is 12.8. The van der Waals surface area contributed by atoms with Crippen molar-refractivity contribution in [2.24, 2.45) is 0 Å². The number of nitrogens with zero attached hydrogens (tertiary/aromatic N) is 3. The molecule has 2 heterocycles. The molecule has 7 heteroatoms. The van der Waals surface area contributed by atoms with Crippen LogP contribution in [0.1, 0.15) is 49.5 Å². The molecular weight excluding hydrogens is 308 g/mol. The van der Waals surface area contributed by atoms with Crippen molar-refractivity contribution in [1.82, 2.24) is 20.4 Å². The topological polar surface area (TPSA) is 88.3 Å². The summed E-state index contributed by atoms with van der Waals surface area (Å²) in [6.07, 6.45) is 0. The number of rotatable bonds is 4. The van der Waals surface area contributed by atoms with Crippen LogP contribution in [0.5, 0.6) is 0 Å². The highest BCUT2D eigenvalue weighted by Crippen LogP contribution is 2.29. The molecule has 0 radical (unpaired) electrons. The summed E-state index contributed by atoms with van der Waals surface area (Å²) in [5.74, 6) is 0.563. The third-order valence-electron chi connectivity index (χ3n) is 4.18. The van der Waals surface area contributed by atoms with E-state index < -0.39 is 11.6 Å². The Balaban J connectivity index is 1.84. The molecule has 3 amide bonds. The first-order valence-electron chi connectivity index (χ1n) is 7.85. The van der Waals surface area contributed by atoms with Crippen molar-refractivity contribution in [3.63, 3.8) is 0 Å². The predicted octanol–water partition coefficient (Wildman–Crippen LogP) is 2.47. The monoisotopic (exact) mass is 328 g/mol. The van der Waals surface area contributed by atoms with Crippen LogP contribution in [0.15, 0.2) is 28.8 Å². The SMILES string of the molecule is Cc1ccc([C@]2(C)NC(=O)N(Cc3noc(C(C)C)n3)C2=O)cc1. The molecule has 0 bridgehead atoms. The lowest BCUT2D eigenvalue weighted by Crippen LogP contribution is -2.40. The van der Waals surface area contributed by atoms with E-state index in [0.717, 1.165) is 16.0 Å². The molecule has 2 aromatic rings. The Morgan fingerprint density at radius 3 is 2.50 bits per heavy atom. The van der Waals surface area contributed by atoms with Gasteiger partial charge in [-0.3, -0.25) is 9.69 Å². The van der Waals surface area contributed by atoms with Crippen molar-refractivity contribution in [2.75, 3.05) is 0 Å². The summed E-state index contributed by atoms with van der Waals surface area (Å²) in [7, 11) is 0. The maximum absolute atomic E-state index is 12.8. The number of imide groups is 1. The fourth-order valence-electron chi connectivity index (χ4n) is 2.63. The van der Waals surface area contributed by atoms with Crippen molar-refractivity contribution in [2.45, 2.75) is 45.7 Å². The van der Waals surface area contributed by atoms with Crippen LogP contribution in [0.25, 0.3) is 0 Å². The highest BCUT2D eigenvalue weighted by Gasteiger charge is 2.49. The van der Waals surface area contributed by atoms with Crippen LogP contribution in [-0.2, 0) is 16.9 Å². The van der Waals surface area contributed by atoms with Gasteiger partial charge < -0.3 is 9.84 Å². The maximum Gasteiger partial charge on any atom is 0.325 e. The minimum atomic E-state index is -1.09. The van der Waals surface area contributed by atoms with Crippen molar-refractivity contribution in [3.8, 4) is 0 Å². The smallest absolute Gasteiger partial charge is 0.325 e. The lowest BCUT2D eigenvalue weighted by Gasteiger charge is -2.22. The number of urea groups is 1. The van der Waals surface area contributed by atoms with Crippen molar-refractivity contribution >= 4 is 11.9 Å². The van der Waals surface area contributed by atoms with Gasteiger partial charge in [0.15, 0.2) is 5.82 Å². The Morgan fingerprint density at radius 2 is 1.92 bits per heavy atom. The first-order valence-corrected chi connectivity index (χ1v) is 7.85. The van der Waals surface area contributed by atoms with E-state index in [1.807, 2.05) is 45.0 Å². The van der Waals surface area contributed by atoms with Gasteiger partial charge in [-0.25, -0.2) is 4.79 Å². The summed E-state index contributed by atoms with van der Waals surface area (Å²) in [5, 5.41) is 6.61. The molecular formula is C17H20N4O3. The lowest BCUT2D eigenvalue weighted by molar-refractivity contribution is -0.131. The Bertz CT molecular complexity index is 781. The fraction of sp³-hybridized carbons (Fsp3) is 0.412. The molecule has 7 nitrogen and oxygen atoms in total. The highest BCUT2D eigenvalue weighted by atomic mass is 16.5. The number of carbonyl (C=O) groups excluding carboxylic acids is 2. The summed E-state index contributed by atoms with van der Waals surface area (Å²) in [6.45, 7) is 7.52. The van der Waals surface area contributed by atoms with Crippen molar-refractivity contribution in [3.05, 3.63) is 47.1 Å². The number of hydrogen-bond donors (Lipinski definition) is 1. The molecule has 1 aromatic heterocycles. The van der Waals surface area contributed by atoms with Crippen molar-refractivity contribution in [1.29, 1.82) is 0 Å². The van der Waals surface area contributed by atoms with Gasteiger partial charge in [0, 0.05) is 5.92 Å².